The second-order valence-corrected chi connectivity index (χ2v) is 11.6. The number of oxazole rings is 1. The Labute approximate surface area is 224 Å². The first-order chi connectivity index (χ1) is 18.8. The molecule has 0 aliphatic carbocycles. The summed E-state index contributed by atoms with van der Waals surface area (Å²) in [5.41, 5.74) is 3.68. The fourth-order valence-electron chi connectivity index (χ4n) is 4.97. The molecule has 1 N–H and O–H groups in total. The van der Waals surface area contributed by atoms with Crippen LogP contribution in [0.2, 0.25) is 0 Å². The standard InChI is InChI=1S/C28H26N6O4S/c1-18-12-19(24-16-30-17-38-24)14-20(13-18)26-22-4-3-7-31-27(22)28(35)34(32-26)23-15-21(33-10-8-29-9-11-33)5-6-25(23)39(2,36)37/h3-7,12-17,29H,8-11H2,1-2H3. The van der Waals surface area contributed by atoms with Gasteiger partial charge in [0.2, 0.25) is 0 Å². The van der Waals surface area contributed by atoms with Crippen molar-refractivity contribution in [2.45, 2.75) is 11.8 Å². The molecule has 6 rings (SSSR count). The van der Waals surface area contributed by atoms with Crippen LogP contribution in [0.25, 0.3) is 39.2 Å². The van der Waals surface area contributed by atoms with Crippen LogP contribution in [-0.2, 0) is 9.84 Å². The molecule has 39 heavy (non-hydrogen) atoms. The normalized spacial score (nSPS) is 14.2. The maximum absolute atomic E-state index is 13.8. The number of fused-ring (bicyclic) bond motifs is 1. The highest BCUT2D eigenvalue weighted by molar-refractivity contribution is 7.90. The highest BCUT2D eigenvalue weighted by atomic mass is 32.2. The number of pyridine rings is 1. The van der Waals surface area contributed by atoms with Gasteiger partial charge in [0.15, 0.2) is 22.0 Å². The van der Waals surface area contributed by atoms with E-state index in [9.17, 15) is 13.2 Å². The Bertz CT molecular complexity index is 1860. The van der Waals surface area contributed by atoms with Crippen molar-refractivity contribution in [1.29, 1.82) is 0 Å². The number of nitrogens with one attached hydrogen (secondary N) is 1. The molecule has 1 aliphatic heterocycles. The van der Waals surface area contributed by atoms with E-state index in [1.54, 1.807) is 42.7 Å². The van der Waals surface area contributed by atoms with Crippen molar-refractivity contribution < 1.29 is 12.8 Å². The van der Waals surface area contributed by atoms with E-state index < -0.39 is 15.4 Å². The van der Waals surface area contributed by atoms with Gasteiger partial charge in [-0.05, 0) is 61.0 Å². The quantitative estimate of drug-likeness (QED) is 0.357. The van der Waals surface area contributed by atoms with Crippen LogP contribution in [0, 0.1) is 6.92 Å². The van der Waals surface area contributed by atoms with Crippen LogP contribution in [0.5, 0.6) is 0 Å². The van der Waals surface area contributed by atoms with Crippen LogP contribution in [0.4, 0.5) is 5.69 Å². The molecule has 0 unspecified atom stereocenters. The van der Waals surface area contributed by atoms with Crippen LogP contribution >= 0.6 is 0 Å². The molecule has 3 aromatic heterocycles. The Kier molecular flexibility index (Phi) is 6.24. The molecule has 198 valence electrons. The van der Waals surface area contributed by atoms with Crippen LogP contribution in [-0.4, -0.2) is 60.6 Å². The fourth-order valence-corrected chi connectivity index (χ4v) is 5.81. The molecule has 0 radical (unpaired) electrons. The zero-order valence-electron chi connectivity index (χ0n) is 21.5. The number of rotatable bonds is 5. The monoisotopic (exact) mass is 542 g/mol. The minimum atomic E-state index is -3.69. The van der Waals surface area contributed by atoms with Gasteiger partial charge in [-0.2, -0.15) is 9.78 Å². The van der Waals surface area contributed by atoms with Gasteiger partial charge in [0.1, 0.15) is 11.2 Å². The summed E-state index contributed by atoms with van der Waals surface area (Å²) in [7, 11) is -3.69. The van der Waals surface area contributed by atoms with Crippen molar-refractivity contribution >= 4 is 26.4 Å². The lowest BCUT2D eigenvalue weighted by Crippen LogP contribution is -2.43. The number of hydrogen-bond acceptors (Lipinski definition) is 9. The van der Waals surface area contributed by atoms with E-state index in [1.807, 2.05) is 25.1 Å². The fraction of sp³-hybridized carbons (Fsp3) is 0.214. The highest BCUT2D eigenvalue weighted by Gasteiger charge is 2.23. The topological polar surface area (TPSA) is 123 Å². The van der Waals surface area contributed by atoms with E-state index in [2.05, 4.69) is 20.2 Å². The Morgan fingerprint density at radius 2 is 1.82 bits per heavy atom. The summed E-state index contributed by atoms with van der Waals surface area (Å²) in [5.74, 6) is 0.596. The predicted molar refractivity (Wildman–Crippen MR) is 149 cm³/mol. The number of aryl methyl sites for hydroxylation is 1. The lowest BCUT2D eigenvalue weighted by Gasteiger charge is -2.30. The van der Waals surface area contributed by atoms with Crippen LogP contribution < -0.4 is 15.8 Å². The van der Waals surface area contributed by atoms with Gasteiger partial charge in [-0.1, -0.05) is 0 Å². The molecule has 0 saturated carbocycles. The zero-order valence-corrected chi connectivity index (χ0v) is 22.3. The first-order valence-electron chi connectivity index (χ1n) is 12.5. The minimum absolute atomic E-state index is 0.0174. The maximum atomic E-state index is 13.8. The SMILES string of the molecule is Cc1cc(-c2cnco2)cc(-c2nn(-c3cc(N4CCNCC4)ccc3S(C)(=O)=O)c(=O)c3ncccc23)c1. The first-order valence-corrected chi connectivity index (χ1v) is 14.4. The summed E-state index contributed by atoms with van der Waals surface area (Å²) < 4.78 is 32.4. The molecule has 4 heterocycles. The largest absolute Gasteiger partial charge is 0.444 e. The van der Waals surface area contributed by atoms with Crippen LogP contribution in [0.1, 0.15) is 5.56 Å². The molecule has 10 nitrogen and oxygen atoms in total. The average molecular weight is 543 g/mol. The lowest BCUT2D eigenvalue weighted by atomic mass is 10.0. The molecule has 5 aromatic rings. The molecular formula is C28H26N6O4S. The Balaban J connectivity index is 1.63. The molecule has 0 bridgehead atoms. The van der Waals surface area contributed by atoms with Gasteiger partial charge in [-0.25, -0.2) is 13.4 Å². The van der Waals surface area contributed by atoms with Gasteiger partial charge in [0, 0.05) is 60.8 Å². The second kappa shape index (κ2) is 9.75. The van der Waals surface area contributed by atoms with Gasteiger partial charge < -0.3 is 14.6 Å². The maximum Gasteiger partial charge on any atom is 0.298 e. The summed E-state index contributed by atoms with van der Waals surface area (Å²) in [6.45, 7) is 5.10. The predicted octanol–water partition coefficient (Wildman–Crippen LogP) is 3.22. The number of sulfone groups is 1. The number of benzene rings is 2. The summed E-state index contributed by atoms with van der Waals surface area (Å²) in [6.07, 6.45) is 5.67. The van der Waals surface area contributed by atoms with Crippen molar-refractivity contribution in [1.82, 2.24) is 25.1 Å². The third-order valence-corrected chi connectivity index (χ3v) is 7.92. The Morgan fingerprint density at radius 1 is 1.03 bits per heavy atom. The Morgan fingerprint density at radius 3 is 2.56 bits per heavy atom. The number of hydrogen-bond donors (Lipinski definition) is 1. The van der Waals surface area contributed by atoms with Gasteiger partial charge in [-0.15, -0.1) is 0 Å². The zero-order chi connectivity index (χ0) is 27.1. The molecular weight excluding hydrogens is 516 g/mol. The van der Waals surface area contributed by atoms with Crippen molar-refractivity contribution in [2.75, 3.05) is 37.3 Å². The van der Waals surface area contributed by atoms with Gasteiger partial charge in [0.05, 0.1) is 16.8 Å². The highest BCUT2D eigenvalue weighted by Crippen LogP contribution is 2.32. The van der Waals surface area contributed by atoms with Gasteiger partial charge in [0.25, 0.3) is 5.56 Å². The van der Waals surface area contributed by atoms with Crippen LogP contribution in [0.3, 0.4) is 0 Å². The minimum Gasteiger partial charge on any atom is -0.444 e. The number of aromatic nitrogens is 4. The third-order valence-electron chi connectivity index (χ3n) is 6.78. The average Bonchev–Trinajstić information content (AvgIpc) is 3.48. The van der Waals surface area contributed by atoms with E-state index in [-0.39, 0.29) is 16.1 Å². The molecule has 0 amide bonds. The molecule has 1 fully saturated rings. The van der Waals surface area contributed by atoms with Crippen LogP contribution in [0.15, 0.2) is 81.4 Å². The van der Waals surface area contributed by atoms with Crippen molar-refractivity contribution in [3.05, 3.63) is 83.2 Å². The molecule has 11 heteroatoms. The van der Waals surface area contributed by atoms with Crippen molar-refractivity contribution in [2.24, 2.45) is 0 Å². The van der Waals surface area contributed by atoms with Crippen molar-refractivity contribution in [3.63, 3.8) is 0 Å². The third kappa shape index (κ3) is 4.70. The van der Waals surface area contributed by atoms with E-state index in [0.717, 1.165) is 54.8 Å². The summed E-state index contributed by atoms with van der Waals surface area (Å²) in [4.78, 5) is 24.4. The van der Waals surface area contributed by atoms with E-state index in [0.29, 0.717) is 16.8 Å². The summed E-state index contributed by atoms with van der Waals surface area (Å²) in [5, 5.41) is 8.67. The van der Waals surface area contributed by atoms with Gasteiger partial charge >= 0.3 is 0 Å². The molecule has 0 atom stereocenters. The smallest absolute Gasteiger partial charge is 0.298 e. The second-order valence-electron chi connectivity index (χ2n) is 9.58. The molecule has 1 aliphatic rings. The molecule has 1 saturated heterocycles. The van der Waals surface area contributed by atoms with E-state index in [4.69, 9.17) is 9.52 Å². The molecule has 2 aromatic carbocycles. The number of anilines is 1. The summed E-state index contributed by atoms with van der Waals surface area (Å²) >= 11 is 0. The Hall–Kier alpha value is -4.35. The molecule has 0 spiro atoms. The van der Waals surface area contributed by atoms with E-state index in [1.165, 1.54) is 11.1 Å². The van der Waals surface area contributed by atoms with Crippen molar-refractivity contribution in [3.8, 4) is 28.3 Å². The number of nitrogens with zero attached hydrogens (tertiary/aromatic N) is 5. The summed E-state index contributed by atoms with van der Waals surface area (Å²) in [6, 6.07) is 14.4. The first kappa shape index (κ1) is 25.0. The lowest BCUT2D eigenvalue weighted by molar-refractivity contribution is 0.572. The van der Waals surface area contributed by atoms with E-state index >= 15 is 0 Å². The number of piperazine rings is 1. The van der Waals surface area contributed by atoms with Gasteiger partial charge in [-0.3, -0.25) is 9.78 Å².